The molecule has 0 spiro atoms. The summed E-state index contributed by atoms with van der Waals surface area (Å²) in [5.41, 5.74) is 9.32. The molecule has 0 aromatic heterocycles. The molecule has 3 rings (SSSR count). The Morgan fingerprint density at radius 1 is 0.957 bits per heavy atom. The van der Waals surface area contributed by atoms with Crippen LogP contribution in [0.4, 0.5) is 5.69 Å². The minimum absolute atomic E-state index is 0. The van der Waals surface area contributed by atoms with E-state index in [-0.39, 0.29) is 24.0 Å². The van der Waals surface area contributed by atoms with Crippen LogP contribution in [0.2, 0.25) is 0 Å². The lowest BCUT2D eigenvalue weighted by molar-refractivity contribution is 1.07. The number of fused-ring (bicyclic) bond motifs is 1. The number of hydrogen-bond acceptors (Lipinski definition) is 1. The average Bonchev–Trinajstić information content (AvgIpc) is 2.55. The average molecular weight is 417 g/mol. The zero-order valence-corrected chi connectivity index (χ0v) is 15.3. The lowest BCUT2D eigenvalue weighted by Gasteiger charge is -2.07. The third-order valence-electron chi connectivity index (χ3n) is 3.62. The van der Waals surface area contributed by atoms with Crippen LogP contribution < -0.4 is 11.1 Å². The lowest BCUT2D eigenvalue weighted by atomic mass is 10.1. The molecule has 3 N–H and O–H groups in total. The fourth-order valence-corrected chi connectivity index (χ4v) is 2.43. The monoisotopic (exact) mass is 417 g/mol. The van der Waals surface area contributed by atoms with Crippen molar-refractivity contribution in [3.8, 4) is 0 Å². The zero-order valence-electron chi connectivity index (χ0n) is 13.0. The minimum Gasteiger partial charge on any atom is -0.370 e. The molecule has 0 saturated heterocycles. The summed E-state index contributed by atoms with van der Waals surface area (Å²) < 4.78 is 0. The number of benzene rings is 3. The zero-order chi connectivity index (χ0) is 15.4. The minimum atomic E-state index is 0. The van der Waals surface area contributed by atoms with Gasteiger partial charge >= 0.3 is 0 Å². The Labute approximate surface area is 153 Å². The van der Waals surface area contributed by atoms with E-state index < -0.39 is 0 Å². The van der Waals surface area contributed by atoms with Crippen LogP contribution in [0, 0.1) is 6.92 Å². The molecule has 0 saturated carbocycles. The Kier molecular flexibility index (Phi) is 5.98. The maximum absolute atomic E-state index is 5.97. The predicted octanol–water partition coefficient (Wildman–Crippen LogP) is 4.69. The fourth-order valence-electron chi connectivity index (χ4n) is 2.43. The molecule has 0 aliphatic rings. The molecule has 0 atom stereocenters. The van der Waals surface area contributed by atoms with Crippen LogP contribution in [0.3, 0.4) is 0 Å². The number of guanidine groups is 1. The van der Waals surface area contributed by atoms with E-state index in [4.69, 9.17) is 5.73 Å². The van der Waals surface area contributed by atoms with Crippen LogP contribution in [0.25, 0.3) is 10.8 Å². The molecule has 0 amide bonds. The highest BCUT2D eigenvalue weighted by molar-refractivity contribution is 14.0. The first kappa shape index (κ1) is 17.3. The topological polar surface area (TPSA) is 50.4 Å². The summed E-state index contributed by atoms with van der Waals surface area (Å²) in [5, 5.41) is 5.56. The molecule has 0 heterocycles. The first-order valence-corrected chi connectivity index (χ1v) is 7.32. The van der Waals surface area contributed by atoms with E-state index in [1.807, 2.05) is 36.4 Å². The molecule has 0 bridgehead atoms. The van der Waals surface area contributed by atoms with Crippen molar-refractivity contribution < 1.29 is 0 Å². The van der Waals surface area contributed by atoms with E-state index in [2.05, 4.69) is 47.6 Å². The summed E-state index contributed by atoms with van der Waals surface area (Å²) in [6.07, 6.45) is 0. The van der Waals surface area contributed by atoms with Gasteiger partial charge in [0.05, 0.1) is 6.54 Å². The van der Waals surface area contributed by atoms with Crippen LogP contribution in [0.15, 0.2) is 71.7 Å². The van der Waals surface area contributed by atoms with Crippen molar-refractivity contribution >= 4 is 46.4 Å². The molecular formula is C19H20IN3. The molecule has 0 unspecified atom stereocenters. The highest BCUT2D eigenvalue weighted by atomic mass is 127. The van der Waals surface area contributed by atoms with Crippen molar-refractivity contribution in [1.29, 1.82) is 0 Å². The summed E-state index contributed by atoms with van der Waals surface area (Å²) in [5.74, 6) is 0.428. The van der Waals surface area contributed by atoms with Gasteiger partial charge < -0.3 is 11.1 Å². The normalized spacial score (nSPS) is 11.1. The summed E-state index contributed by atoms with van der Waals surface area (Å²) >= 11 is 0. The fraction of sp³-hybridized carbons (Fsp3) is 0.105. The van der Waals surface area contributed by atoms with Crippen molar-refractivity contribution in [3.05, 3.63) is 77.9 Å². The number of nitrogens with two attached hydrogens (primary N) is 1. The largest absolute Gasteiger partial charge is 0.370 e. The van der Waals surface area contributed by atoms with Gasteiger partial charge in [-0.15, -0.1) is 24.0 Å². The smallest absolute Gasteiger partial charge is 0.193 e. The van der Waals surface area contributed by atoms with Gasteiger partial charge in [-0.3, -0.25) is 0 Å². The van der Waals surface area contributed by atoms with Crippen molar-refractivity contribution in [2.75, 3.05) is 5.32 Å². The Morgan fingerprint density at radius 3 is 2.43 bits per heavy atom. The molecule has 3 nitrogen and oxygen atoms in total. The summed E-state index contributed by atoms with van der Waals surface area (Å²) in [6.45, 7) is 2.62. The van der Waals surface area contributed by atoms with Gasteiger partial charge in [0, 0.05) is 5.69 Å². The van der Waals surface area contributed by atoms with Gasteiger partial charge in [-0.2, -0.15) is 0 Å². The molecular weight excluding hydrogens is 397 g/mol. The van der Waals surface area contributed by atoms with Crippen LogP contribution in [-0.4, -0.2) is 5.96 Å². The quantitative estimate of drug-likeness (QED) is 0.369. The second-order valence-electron chi connectivity index (χ2n) is 5.33. The Bertz CT molecular complexity index is 805. The van der Waals surface area contributed by atoms with Crippen LogP contribution in [0.5, 0.6) is 0 Å². The van der Waals surface area contributed by atoms with E-state index >= 15 is 0 Å². The summed E-state index contributed by atoms with van der Waals surface area (Å²) in [7, 11) is 0. The first-order valence-electron chi connectivity index (χ1n) is 7.32. The lowest BCUT2D eigenvalue weighted by Crippen LogP contribution is -2.22. The van der Waals surface area contributed by atoms with Crippen molar-refractivity contribution in [1.82, 2.24) is 0 Å². The maximum Gasteiger partial charge on any atom is 0.193 e. The van der Waals surface area contributed by atoms with Gasteiger partial charge in [0.2, 0.25) is 0 Å². The van der Waals surface area contributed by atoms with Crippen molar-refractivity contribution in [2.45, 2.75) is 13.5 Å². The number of nitrogens with one attached hydrogen (secondary N) is 1. The van der Waals surface area contributed by atoms with Gasteiger partial charge in [0.25, 0.3) is 0 Å². The third kappa shape index (κ3) is 4.45. The predicted molar refractivity (Wildman–Crippen MR) is 109 cm³/mol. The van der Waals surface area contributed by atoms with Gasteiger partial charge in [0.15, 0.2) is 5.96 Å². The van der Waals surface area contributed by atoms with E-state index in [1.165, 1.54) is 21.9 Å². The molecule has 23 heavy (non-hydrogen) atoms. The number of anilines is 1. The molecule has 0 fully saturated rings. The Morgan fingerprint density at radius 2 is 1.65 bits per heavy atom. The van der Waals surface area contributed by atoms with E-state index in [0.29, 0.717) is 12.5 Å². The second kappa shape index (κ2) is 7.97. The third-order valence-corrected chi connectivity index (χ3v) is 3.62. The standard InChI is InChI=1S/C19H19N3.HI/c1-14-9-11-17(12-10-14)22-19(20)21-13-16-7-4-6-15-5-2-3-8-18(15)16;/h2-12H,13H2,1H3,(H3,20,21,22);1H. The van der Waals surface area contributed by atoms with Crippen LogP contribution in [-0.2, 0) is 6.54 Å². The molecule has 0 aliphatic heterocycles. The molecule has 0 aliphatic carbocycles. The molecule has 4 heteroatoms. The van der Waals surface area contributed by atoms with Crippen LogP contribution >= 0.6 is 24.0 Å². The van der Waals surface area contributed by atoms with Crippen molar-refractivity contribution in [2.24, 2.45) is 10.7 Å². The number of aliphatic imine (C=N–C) groups is 1. The number of rotatable bonds is 3. The molecule has 3 aromatic rings. The number of nitrogens with zero attached hydrogens (tertiary/aromatic N) is 1. The highest BCUT2D eigenvalue weighted by Crippen LogP contribution is 2.19. The van der Waals surface area contributed by atoms with Gasteiger partial charge in [0.1, 0.15) is 0 Å². The number of aryl methyl sites for hydroxylation is 1. The van der Waals surface area contributed by atoms with Gasteiger partial charge in [-0.05, 0) is 35.4 Å². The van der Waals surface area contributed by atoms with Gasteiger partial charge in [-0.1, -0.05) is 60.2 Å². The van der Waals surface area contributed by atoms with Crippen molar-refractivity contribution in [3.63, 3.8) is 0 Å². The first-order chi connectivity index (χ1) is 10.7. The summed E-state index contributed by atoms with van der Waals surface area (Å²) in [6, 6.07) is 22.6. The SMILES string of the molecule is Cc1ccc(NC(N)=NCc2cccc3ccccc23)cc1.I. The summed E-state index contributed by atoms with van der Waals surface area (Å²) in [4.78, 5) is 4.45. The second-order valence-corrected chi connectivity index (χ2v) is 5.33. The Hall–Kier alpha value is -2.08. The highest BCUT2D eigenvalue weighted by Gasteiger charge is 2.00. The van der Waals surface area contributed by atoms with Crippen LogP contribution in [0.1, 0.15) is 11.1 Å². The number of halogens is 1. The maximum atomic E-state index is 5.97. The molecule has 0 radical (unpaired) electrons. The van der Waals surface area contributed by atoms with E-state index in [0.717, 1.165) is 5.69 Å². The number of hydrogen-bond donors (Lipinski definition) is 2. The molecule has 118 valence electrons. The molecule has 3 aromatic carbocycles. The Balaban J connectivity index is 0.00000192. The van der Waals surface area contributed by atoms with E-state index in [9.17, 15) is 0 Å². The van der Waals surface area contributed by atoms with E-state index in [1.54, 1.807) is 0 Å². The van der Waals surface area contributed by atoms with Gasteiger partial charge in [-0.25, -0.2) is 4.99 Å².